The zero-order chi connectivity index (χ0) is 29.7. The van der Waals surface area contributed by atoms with Gasteiger partial charge in [-0.15, -0.1) is 0 Å². The summed E-state index contributed by atoms with van der Waals surface area (Å²) in [5.74, 6) is 5.05. The Balaban J connectivity index is 1.26. The molecule has 6 nitrogen and oxygen atoms in total. The Labute approximate surface area is 248 Å². The van der Waals surface area contributed by atoms with Gasteiger partial charge in [0.05, 0.1) is 12.7 Å². The van der Waals surface area contributed by atoms with Crippen LogP contribution in [0.5, 0.6) is 0 Å². The van der Waals surface area contributed by atoms with E-state index in [-0.39, 0.29) is 11.5 Å². The fourth-order valence-corrected chi connectivity index (χ4v) is 10.3. The van der Waals surface area contributed by atoms with Crippen LogP contribution in [0.3, 0.4) is 0 Å². The van der Waals surface area contributed by atoms with Crippen LogP contribution < -0.4 is 0 Å². The highest BCUT2D eigenvalue weighted by molar-refractivity contribution is 5.25. The van der Waals surface area contributed by atoms with E-state index >= 15 is 0 Å². The third kappa shape index (κ3) is 5.64. The molecule has 0 amide bonds. The van der Waals surface area contributed by atoms with E-state index in [1.807, 2.05) is 0 Å². The monoisotopic (exact) mass is 574 g/mol. The molecule has 0 radical (unpaired) electrons. The van der Waals surface area contributed by atoms with Crippen molar-refractivity contribution in [2.45, 2.75) is 136 Å². The third-order valence-corrected chi connectivity index (χ3v) is 12.9. The van der Waals surface area contributed by atoms with Crippen molar-refractivity contribution in [1.82, 2.24) is 0 Å². The van der Waals surface area contributed by atoms with Crippen LogP contribution in [0.4, 0.5) is 0 Å². The first-order valence-electron chi connectivity index (χ1n) is 16.8. The first-order chi connectivity index (χ1) is 19.4. The molecule has 3 saturated carbocycles. The summed E-state index contributed by atoms with van der Waals surface area (Å²) in [4.78, 5) is 0. The molecule has 1 heterocycles. The normalized spacial score (nSPS) is 47.9. The fraction of sp³-hybridized carbons (Fsp3) is 0.886. The molecule has 0 unspecified atom stereocenters. The summed E-state index contributed by atoms with van der Waals surface area (Å²) in [6.07, 6.45) is 11.9. The highest BCUT2D eigenvalue weighted by Crippen LogP contribution is 2.67. The van der Waals surface area contributed by atoms with Crippen LogP contribution in [0.1, 0.15) is 99.3 Å². The van der Waals surface area contributed by atoms with Gasteiger partial charge in [0, 0.05) is 0 Å². The zero-order valence-corrected chi connectivity index (χ0v) is 26.4. The van der Waals surface area contributed by atoms with Gasteiger partial charge in [-0.2, -0.15) is 0 Å². The molecule has 6 heteroatoms. The van der Waals surface area contributed by atoms with Crippen molar-refractivity contribution in [3.05, 3.63) is 23.8 Å². The van der Waals surface area contributed by atoms with Crippen LogP contribution in [0, 0.1) is 52.3 Å². The first kappa shape index (κ1) is 31.7. The van der Waals surface area contributed by atoms with E-state index in [1.165, 1.54) is 37.7 Å². The van der Waals surface area contributed by atoms with Crippen molar-refractivity contribution in [2.75, 3.05) is 6.61 Å². The van der Waals surface area contributed by atoms with Crippen molar-refractivity contribution in [1.29, 1.82) is 0 Å². The Morgan fingerprint density at radius 3 is 2.41 bits per heavy atom. The molecule has 5 rings (SSSR count). The van der Waals surface area contributed by atoms with Crippen molar-refractivity contribution in [2.24, 2.45) is 52.3 Å². The molecule has 0 bridgehead atoms. The molecule has 1 aliphatic heterocycles. The molecule has 0 aromatic carbocycles. The van der Waals surface area contributed by atoms with Gasteiger partial charge < -0.3 is 29.9 Å². The van der Waals surface area contributed by atoms with Gasteiger partial charge in [0.15, 0.2) is 6.29 Å². The van der Waals surface area contributed by atoms with Crippen molar-refractivity contribution >= 4 is 0 Å². The van der Waals surface area contributed by atoms with Crippen LogP contribution >= 0.6 is 0 Å². The SMILES string of the molecule is CC[C@H](C=C[C@@H](C)[C@H]1CC[C@H]2[C@@H]3CC=C4C[C@@H](O[C@H]5O[C@H](CO)[C@@H](O)[C@H](O)[C@H]5O)CC[C@]4(C)[C@H]3CC[C@]12C)C(C)C. The molecule has 0 aromatic rings. The maximum absolute atomic E-state index is 10.5. The number of hydrogen-bond acceptors (Lipinski definition) is 6. The molecule has 41 heavy (non-hydrogen) atoms. The lowest BCUT2D eigenvalue weighted by Crippen LogP contribution is -2.60. The Bertz CT molecular complexity index is 960. The summed E-state index contributed by atoms with van der Waals surface area (Å²) in [6.45, 7) is 14.2. The Morgan fingerprint density at radius 1 is 0.976 bits per heavy atom. The number of ether oxygens (including phenoxy) is 2. The number of rotatable bonds is 8. The minimum absolute atomic E-state index is 0.109. The molecule has 0 aromatic heterocycles. The van der Waals surface area contributed by atoms with Crippen molar-refractivity contribution in [3.63, 3.8) is 0 Å². The fourth-order valence-electron chi connectivity index (χ4n) is 10.3. The predicted molar refractivity (Wildman–Crippen MR) is 161 cm³/mol. The highest BCUT2D eigenvalue weighted by Gasteiger charge is 2.59. The highest BCUT2D eigenvalue weighted by atomic mass is 16.7. The lowest BCUT2D eigenvalue weighted by atomic mass is 9.47. The van der Waals surface area contributed by atoms with Gasteiger partial charge in [-0.3, -0.25) is 0 Å². The second-order valence-corrected chi connectivity index (χ2v) is 15.2. The third-order valence-electron chi connectivity index (χ3n) is 12.9. The van der Waals surface area contributed by atoms with E-state index in [9.17, 15) is 20.4 Å². The largest absolute Gasteiger partial charge is 0.394 e. The van der Waals surface area contributed by atoms with Gasteiger partial charge in [0.25, 0.3) is 0 Å². The van der Waals surface area contributed by atoms with Crippen LogP contribution in [-0.2, 0) is 9.47 Å². The summed E-state index contributed by atoms with van der Waals surface area (Å²) in [6, 6.07) is 0. The van der Waals surface area contributed by atoms with E-state index in [4.69, 9.17) is 9.47 Å². The quantitative estimate of drug-likeness (QED) is 0.281. The van der Waals surface area contributed by atoms with E-state index in [0.29, 0.717) is 29.1 Å². The predicted octanol–water partition coefficient (Wildman–Crippen LogP) is 5.63. The molecular weight excluding hydrogens is 516 g/mol. The Morgan fingerprint density at radius 2 is 1.73 bits per heavy atom. The number of hydrogen-bond donors (Lipinski definition) is 4. The lowest BCUT2D eigenvalue weighted by molar-refractivity contribution is -0.313. The molecule has 1 saturated heterocycles. The average Bonchev–Trinajstić information content (AvgIpc) is 3.30. The van der Waals surface area contributed by atoms with E-state index < -0.39 is 37.3 Å². The van der Waals surface area contributed by atoms with Gasteiger partial charge in [-0.25, -0.2) is 0 Å². The van der Waals surface area contributed by atoms with Gasteiger partial charge in [0.1, 0.15) is 24.4 Å². The van der Waals surface area contributed by atoms with Crippen molar-refractivity contribution in [3.8, 4) is 0 Å². The van der Waals surface area contributed by atoms with E-state index in [2.05, 4.69) is 59.8 Å². The average molecular weight is 575 g/mol. The smallest absolute Gasteiger partial charge is 0.186 e. The summed E-state index contributed by atoms with van der Waals surface area (Å²) in [5.41, 5.74) is 2.11. The Kier molecular flexibility index (Phi) is 9.51. The summed E-state index contributed by atoms with van der Waals surface area (Å²) in [5, 5.41) is 40.4. The van der Waals surface area contributed by atoms with Gasteiger partial charge in [0.2, 0.25) is 0 Å². The standard InChI is InChI=1S/C35H58O6/c1-7-22(20(2)3)9-8-21(4)26-12-13-27-25-11-10-23-18-24(14-16-34(23,5)28(25)15-17-35(26,27)6)40-33-32(39)31(38)30(37)29(19-36)41-33/h8-10,20-22,24-33,36-39H,7,11-19H2,1-6H3/t21-,22-,24+,25+,26-,27+,28+,29-,30-,31+,32-,33+,34+,35-/m1/s1. The van der Waals surface area contributed by atoms with Gasteiger partial charge in [-0.05, 0) is 110 Å². The molecule has 14 atom stereocenters. The second kappa shape index (κ2) is 12.3. The van der Waals surface area contributed by atoms with Crippen LogP contribution in [0.2, 0.25) is 0 Å². The van der Waals surface area contributed by atoms with E-state index in [0.717, 1.165) is 43.4 Å². The number of allylic oxidation sites excluding steroid dienone is 3. The Hall–Kier alpha value is -0.760. The van der Waals surface area contributed by atoms with Crippen molar-refractivity contribution < 1.29 is 29.9 Å². The molecule has 5 aliphatic rings. The topological polar surface area (TPSA) is 99.4 Å². The minimum atomic E-state index is -1.40. The summed E-state index contributed by atoms with van der Waals surface area (Å²) in [7, 11) is 0. The zero-order valence-electron chi connectivity index (χ0n) is 26.4. The number of aliphatic hydroxyl groups excluding tert-OH is 4. The summed E-state index contributed by atoms with van der Waals surface area (Å²) < 4.78 is 11.9. The molecule has 4 fully saturated rings. The lowest BCUT2D eigenvalue weighted by Gasteiger charge is -2.58. The first-order valence-corrected chi connectivity index (χ1v) is 16.8. The number of aliphatic hydroxyl groups is 4. The summed E-state index contributed by atoms with van der Waals surface area (Å²) >= 11 is 0. The minimum Gasteiger partial charge on any atom is -0.394 e. The van der Waals surface area contributed by atoms with Crippen LogP contribution in [-0.4, -0.2) is 63.8 Å². The maximum Gasteiger partial charge on any atom is 0.186 e. The maximum atomic E-state index is 10.5. The van der Waals surface area contributed by atoms with Gasteiger partial charge in [-0.1, -0.05) is 65.3 Å². The molecule has 234 valence electrons. The molecule has 0 spiro atoms. The number of fused-ring (bicyclic) bond motifs is 5. The second-order valence-electron chi connectivity index (χ2n) is 15.2. The van der Waals surface area contributed by atoms with E-state index in [1.54, 1.807) is 0 Å². The molecule has 4 aliphatic carbocycles. The van der Waals surface area contributed by atoms with Crippen LogP contribution in [0.25, 0.3) is 0 Å². The molecule has 4 N–H and O–H groups in total. The van der Waals surface area contributed by atoms with Crippen LogP contribution in [0.15, 0.2) is 23.8 Å². The van der Waals surface area contributed by atoms with Gasteiger partial charge >= 0.3 is 0 Å². The molecular formula is C35H58O6.